The summed E-state index contributed by atoms with van der Waals surface area (Å²) in [6.45, 7) is 6.97. The van der Waals surface area contributed by atoms with Crippen LogP contribution in [-0.4, -0.2) is 53.5 Å². The van der Waals surface area contributed by atoms with Crippen LogP contribution in [-0.2, 0) is 24.8 Å². The second-order valence-electron chi connectivity index (χ2n) is 6.14. The lowest BCUT2D eigenvalue weighted by atomic mass is 10.1. The van der Waals surface area contributed by atoms with Crippen molar-refractivity contribution in [3.05, 3.63) is 24.3 Å². The van der Waals surface area contributed by atoms with Gasteiger partial charge in [-0.3, -0.25) is 0 Å². The lowest BCUT2D eigenvalue weighted by Gasteiger charge is -2.26. The molecule has 1 N–H and O–H groups in total. The Balaban J connectivity index is 2.21. The number of morpholine rings is 1. The minimum Gasteiger partial charge on any atom is -0.379 e. The first-order chi connectivity index (χ1) is 11.1. The zero-order valence-corrected chi connectivity index (χ0v) is 15.7. The Bertz CT molecular complexity index is 752. The summed E-state index contributed by atoms with van der Waals surface area (Å²) in [6, 6.07) is 5.09. The predicted molar refractivity (Wildman–Crippen MR) is 90.6 cm³/mol. The predicted octanol–water partition coefficient (Wildman–Crippen LogP) is 1.03. The standard InChI is InChI=1S/C15H24N2O5S2/c1-12(2)13(3)16-23(18,19)14-4-6-15(7-5-14)24(20,21)17-8-10-22-11-9-17/h4-7,12-13,16H,8-11H2,1-3H3/t13-/m0/s1. The molecule has 1 saturated heterocycles. The van der Waals surface area contributed by atoms with Gasteiger partial charge in [-0.25, -0.2) is 21.6 Å². The van der Waals surface area contributed by atoms with Crippen LogP contribution in [0.5, 0.6) is 0 Å². The van der Waals surface area contributed by atoms with E-state index < -0.39 is 20.0 Å². The third-order valence-electron chi connectivity index (χ3n) is 4.08. The topological polar surface area (TPSA) is 92.8 Å². The van der Waals surface area contributed by atoms with Gasteiger partial charge in [0.1, 0.15) is 0 Å². The molecule has 2 rings (SSSR count). The number of hydrogen-bond donors (Lipinski definition) is 1. The average molecular weight is 377 g/mol. The van der Waals surface area contributed by atoms with E-state index in [2.05, 4.69) is 4.72 Å². The van der Waals surface area contributed by atoms with Crippen molar-refractivity contribution in [2.24, 2.45) is 5.92 Å². The van der Waals surface area contributed by atoms with Crippen molar-refractivity contribution < 1.29 is 21.6 Å². The highest BCUT2D eigenvalue weighted by Crippen LogP contribution is 2.20. The third-order valence-corrected chi connectivity index (χ3v) is 7.57. The molecule has 1 atom stereocenters. The summed E-state index contributed by atoms with van der Waals surface area (Å²) in [6.07, 6.45) is 0. The van der Waals surface area contributed by atoms with Gasteiger partial charge < -0.3 is 4.74 Å². The minimum atomic E-state index is -3.67. The van der Waals surface area contributed by atoms with E-state index in [1.54, 1.807) is 6.92 Å². The summed E-state index contributed by atoms with van der Waals surface area (Å²) in [4.78, 5) is 0.135. The van der Waals surface area contributed by atoms with Crippen LogP contribution in [0.3, 0.4) is 0 Å². The fourth-order valence-corrected chi connectivity index (χ4v) is 4.98. The van der Waals surface area contributed by atoms with Gasteiger partial charge >= 0.3 is 0 Å². The summed E-state index contributed by atoms with van der Waals surface area (Å²) in [7, 11) is -7.29. The minimum absolute atomic E-state index is 0.0518. The molecule has 0 saturated carbocycles. The van der Waals surface area contributed by atoms with Gasteiger partial charge in [-0.05, 0) is 37.1 Å². The maximum atomic E-state index is 12.5. The summed E-state index contributed by atoms with van der Waals surface area (Å²) < 4.78 is 58.8. The normalized spacial score (nSPS) is 18.7. The third kappa shape index (κ3) is 4.34. The smallest absolute Gasteiger partial charge is 0.243 e. The molecule has 1 heterocycles. The first-order valence-electron chi connectivity index (χ1n) is 7.85. The molecule has 0 bridgehead atoms. The van der Waals surface area contributed by atoms with Crippen LogP contribution in [0.1, 0.15) is 20.8 Å². The van der Waals surface area contributed by atoms with Crippen molar-refractivity contribution in [2.75, 3.05) is 26.3 Å². The van der Waals surface area contributed by atoms with Crippen LogP contribution in [0, 0.1) is 5.92 Å². The number of ether oxygens (including phenoxy) is 1. The maximum absolute atomic E-state index is 12.5. The van der Waals surface area contributed by atoms with Gasteiger partial charge in [-0.1, -0.05) is 13.8 Å². The molecule has 1 aliphatic heterocycles. The van der Waals surface area contributed by atoms with E-state index >= 15 is 0 Å². The monoisotopic (exact) mass is 376 g/mol. The van der Waals surface area contributed by atoms with E-state index in [0.29, 0.717) is 26.3 Å². The first-order valence-corrected chi connectivity index (χ1v) is 10.8. The molecule has 0 aromatic heterocycles. The lowest BCUT2D eigenvalue weighted by molar-refractivity contribution is 0.0730. The van der Waals surface area contributed by atoms with E-state index in [0.717, 1.165) is 0 Å². The van der Waals surface area contributed by atoms with Gasteiger partial charge in [0.05, 0.1) is 23.0 Å². The van der Waals surface area contributed by atoms with Gasteiger partial charge in [0.25, 0.3) is 0 Å². The van der Waals surface area contributed by atoms with Crippen molar-refractivity contribution in [1.29, 1.82) is 0 Å². The van der Waals surface area contributed by atoms with Crippen LogP contribution < -0.4 is 4.72 Å². The van der Waals surface area contributed by atoms with Crippen molar-refractivity contribution in [3.8, 4) is 0 Å². The Hall–Kier alpha value is -1.00. The van der Waals surface area contributed by atoms with E-state index in [-0.39, 0.29) is 21.8 Å². The molecule has 7 nitrogen and oxygen atoms in total. The van der Waals surface area contributed by atoms with E-state index in [1.165, 1.54) is 28.6 Å². The van der Waals surface area contributed by atoms with Crippen molar-refractivity contribution >= 4 is 20.0 Å². The number of nitrogens with zero attached hydrogens (tertiary/aromatic N) is 1. The Kier molecular flexibility index (Phi) is 6.03. The van der Waals surface area contributed by atoms with Crippen LogP contribution >= 0.6 is 0 Å². The van der Waals surface area contributed by atoms with Crippen LogP contribution in [0.15, 0.2) is 34.1 Å². The number of sulfonamides is 2. The highest BCUT2D eigenvalue weighted by Gasteiger charge is 2.27. The van der Waals surface area contributed by atoms with Gasteiger partial charge in [0.2, 0.25) is 20.0 Å². The zero-order chi connectivity index (χ0) is 18.0. The molecule has 1 aromatic rings. The number of hydrogen-bond acceptors (Lipinski definition) is 5. The van der Waals surface area contributed by atoms with Gasteiger partial charge in [-0.15, -0.1) is 0 Å². The fraction of sp³-hybridized carbons (Fsp3) is 0.600. The lowest BCUT2D eigenvalue weighted by Crippen LogP contribution is -2.40. The second-order valence-corrected chi connectivity index (χ2v) is 9.79. The average Bonchev–Trinajstić information content (AvgIpc) is 2.55. The van der Waals surface area contributed by atoms with Crippen LogP contribution in [0.2, 0.25) is 0 Å². The Labute approximate surface area is 144 Å². The zero-order valence-electron chi connectivity index (χ0n) is 14.1. The molecule has 0 amide bonds. The fourth-order valence-electron chi connectivity index (χ4n) is 2.18. The molecule has 0 aliphatic carbocycles. The molecule has 24 heavy (non-hydrogen) atoms. The summed E-state index contributed by atoms with van der Waals surface area (Å²) in [5.74, 6) is 0.153. The molecule has 136 valence electrons. The second kappa shape index (κ2) is 7.49. The van der Waals surface area contributed by atoms with Crippen LogP contribution in [0.25, 0.3) is 0 Å². The Morgan fingerprint density at radius 3 is 1.96 bits per heavy atom. The summed E-state index contributed by atoms with van der Waals surface area (Å²) in [5, 5.41) is 0. The molecule has 1 fully saturated rings. The largest absolute Gasteiger partial charge is 0.379 e. The van der Waals surface area contributed by atoms with E-state index in [4.69, 9.17) is 4.74 Å². The Morgan fingerprint density at radius 1 is 0.958 bits per heavy atom. The highest BCUT2D eigenvalue weighted by atomic mass is 32.2. The Morgan fingerprint density at radius 2 is 1.46 bits per heavy atom. The number of nitrogens with one attached hydrogen (secondary N) is 1. The van der Waals surface area contributed by atoms with Crippen LogP contribution in [0.4, 0.5) is 0 Å². The molecule has 0 unspecified atom stereocenters. The quantitative estimate of drug-likeness (QED) is 0.800. The highest BCUT2D eigenvalue weighted by molar-refractivity contribution is 7.89. The van der Waals surface area contributed by atoms with Crippen molar-refractivity contribution in [1.82, 2.24) is 9.03 Å². The van der Waals surface area contributed by atoms with E-state index in [1.807, 2.05) is 13.8 Å². The maximum Gasteiger partial charge on any atom is 0.243 e. The summed E-state index contributed by atoms with van der Waals surface area (Å²) in [5.41, 5.74) is 0. The SMILES string of the molecule is CC(C)[C@H](C)NS(=O)(=O)c1ccc(S(=O)(=O)N2CCOCC2)cc1. The molecule has 1 aromatic carbocycles. The van der Waals surface area contributed by atoms with Gasteiger partial charge in [0.15, 0.2) is 0 Å². The van der Waals surface area contributed by atoms with Gasteiger partial charge in [-0.2, -0.15) is 4.31 Å². The molecule has 0 radical (unpaired) electrons. The molecular weight excluding hydrogens is 352 g/mol. The van der Waals surface area contributed by atoms with Gasteiger partial charge in [0, 0.05) is 19.1 Å². The molecule has 9 heteroatoms. The first kappa shape index (κ1) is 19.3. The molecular formula is C15H24N2O5S2. The van der Waals surface area contributed by atoms with Crippen molar-refractivity contribution in [2.45, 2.75) is 36.6 Å². The summed E-state index contributed by atoms with van der Waals surface area (Å²) >= 11 is 0. The molecule has 1 aliphatic rings. The number of rotatable bonds is 6. The van der Waals surface area contributed by atoms with E-state index in [9.17, 15) is 16.8 Å². The molecule has 0 spiro atoms. The number of benzene rings is 1. The van der Waals surface area contributed by atoms with Crippen molar-refractivity contribution in [3.63, 3.8) is 0 Å².